The quantitative estimate of drug-likeness (QED) is 0.618. The zero-order valence-corrected chi connectivity index (χ0v) is 16.7. The normalized spacial score (nSPS) is 10.8. The van der Waals surface area contributed by atoms with Crippen molar-refractivity contribution in [3.8, 4) is 10.7 Å². The Kier molecular flexibility index (Phi) is 6.24. The fraction of sp³-hybridized carbons (Fsp3) is 0.350. The molecule has 1 aromatic carbocycles. The topological polar surface area (TPSA) is 71.3 Å². The van der Waals surface area contributed by atoms with E-state index in [2.05, 4.69) is 40.3 Å². The number of aromatic nitrogens is 2. The lowest BCUT2D eigenvalue weighted by Crippen LogP contribution is -2.22. The van der Waals surface area contributed by atoms with Gasteiger partial charge in [0.25, 0.3) is 0 Å². The molecule has 0 fully saturated rings. The molecule has 1 amide bonds. The molecule has 0 atom stereocenters. The average Bonchev–Trinajstić information content (AvgIpc) is 3.34. The van der Waals surface area contributed by atoms with Crippen molar-refractivity contribution in [3.05, 3.63) is 47.2 Å². The van der Waals surface area contributed by atoms with Crippen molar-refractivity contribution in [1.29, 1.82) is 0 Å². The number of hydrogen-bond acceptors (Lipinski definition) is 6. The van der Waals surface area contributed by atoms with Crippen LogP contribution >= 0.6 is 11.3 Å². The molecule has 0 aliphatic heterocycles. The summed E-state index contributed by atoms with van der Waals surface area (Å²) < 4.78 is 5.24. The van der Waals surface area contributed by atoms with E-state index in [4.69, 9.17) is 4.52 Å². The zero-order valence-electron chi connectivity index (χ0n) is 15.9. The zero-order chi connectivity index (χ0) is 19.2. The summed E-state index contributed by atoms with van der Waals surface area (Å²) >= 11 is 1.56. The molecule has 3 aromatic rings. The van der Waals surface area contributed by atoms with E-state index in [0.29, 0.717) is 24.6 Å². The summed E-state index contributed by atoms with van der Waals surface area (Å²) in [6.07, 6.45) is 0.712. The largest absolute Gasteiger partial charge is 0.372 e. The maximum atomic E-state index is 12.3. The van der Waals surface area contributed by atoms with Gasteiger partial charge in [0.15, 0.2) is 0 Å². The minimum atomic E-state index is -0.0652. The Morgan fingerprint density at radius 1 is 1.26 bits per heavy atom. The molecule has 0 aliphatic rings. The second-order valence-electron chi connectivity index (χ2n) is 6.21. The molecule has 0 spiro atoms. The van der Waals surface area contributed by atoms with Gasteiger partial charge in [-0.15, -0.1) is 11.3 Å². The van der Waals surface area contributed by atoms with Crippen LogP contribution in [-0.2, 0) is 11.2 Å². The van der Waals surface area contributed by atoms with Gasteiger partial charge in [-0.3, -0.25) is 4.79 Å². The number of aryl methyl sites for hydroxylation is 2. The number of anilines is 2. The van der Waals surface area contributed by atoms with Gasteiger partial charge in [-0.2, -0.15) is 4.98 Å². The molecule has 3 rings (SSSR count). The lowest BCUT2D eigenvalue weighted by Gasteiger charge is -2.22. The molecule has 1 N–H and O–H groups in total. The van der Waals surface area contributed by atoms with E-state index in [1.165, 1.54) is 5.69 Å². The third kappa shape index (κ3) is 4.74. The van der Waals surface area contributed by atoms with Crippen molar-refractivity contribution in [2.45, 2.75) is 33.6 Å². The summed E-state index contributed by atoms with van der Waals surface area (Å²) in [4.78, 5) is 19.9. The minimum absolute atomic E-state index is 0.0652. The van der Waals surface area contributed by atoms with E-state index in [9.17, 15) is 4.79 Å². The molecule has 0 unspecified atom stereocenters. The minimum Gasteiger partial charge on any atom is -0.372 e. The highest BCUT2D eigenvalue weighted by Gasteiger charge is 2.12. The number of benzene rings is 1. The monoisotopic (exact) mass is 384 g/mol. The summed E-state index contributed by atoms with van der Waals surface area (Å²) in [6, 6.07) is 9.99. The summed E-state index contributed by atoms with van der Waals surface area (Å²) in [7, 11) is 0. The summed E-state index contributed by atoms with van der Waals surface area (Å²) in [5.41, 5.74) is 3.05. The van der Waals surface area contributed by atoms with Crippen LogP contribution in [0.2, 0.25) is 0 Å². The second kappa shape index (κ2) is 8.81. The third-order valence-corrected chi connectivity index (χ3v) is 5.25. The molecule has 2 aromatic heterocycles. The van der Waals surface area contributed by atoms with E-state index >= 15 is 0 Å². The molecule has 7 heteroatoms. The highest BCUT2D eigenvalue weighted by Crippen LogP contribution is 2.23. The lowest BCUT2D eigenvalue weighted by atomic mass is 10.1. The van der Waals surface area contributed by atoms with Crippen molar-refractivity contribution in [3.63, 3.8) is 0 Å². The molecule has 27 heavy (non-hydrogen) atoms. The van der Waals surface area contributed by atoms with Gasteiger partial charge in [-0.1, -0.05) is 11.2 Å². The standard InChI is InChI=1S/C20H24N4O2S/c1-4-24(5-2)15-8-9-16(14(3)13-15)21-18(25)10-11-19-22-20(23-26-19)17-7-6-12-27-17/h6-9,12-13H,4-5,10-11H2,1-3H3,(H,21,25). The van der Waals surface area contributed by atoms with E-state index in [0.717, 1.165) is 29.2 Å². The maximum Gasteiger partial charge on any atom is 0.227 e. The molecular formula is C20H24N4O2S. The molecule has 0 aliphatic carbocycles. The van der Waals surface area contributed by atoms with Gasteiger partial charge in [0, 0.05) is 37.3 Å². The first-order chi connectivity index (χ1) is 13.1. The van der Waals surface area contributed by atoms with Gasteiger partial charge in [-0.25, -0.2) is 0 Å². The van der Waals surface area contributed by atoms with Crippen LogP contribution in [0.3, 0.4) is 0 Å². The highest BCUT2D eigenvalue weighted by atomic mass is 32.1. The van der Waals surface area contributed by atoms with Crippen molar-refractivity contribution < 1.29 is 9.32 Å². The molecule has 0 saturated heterocycles. The van der Waals surface area contributed by atoms with Crippen molar-refractivity contribution in [2.24, 2.45) is 0 Å². The van der Waals surface area contributed by atoms with Crippen LogP contribution in [0.5, 0.6) is 0 Å². The smallest absolute Gasteiger partial charge is 0.227 e. The fourth-order valence-electron chi connectivity index (χ4n) is 2.87. The Hall–Kier alpha value is -2.67. The van der Waals surface area contributed by atoms with E-state index in [1.54, 1.807) is 11.3 Å². The Balaban J connectivity index is 1.56. The Morgan fingerprint density at radius 3 is 2.74 bits per heavy atom. The van der Waals surface area contributed by atoms with Crippen LogP contribution in [-0.4, -0.2) is 29.1 Å². The fourth-order valence-corrected chi connectivity index (χ4v) is 3.52. The number of nitrogens with zero attached hydrogens (tertiary/aromatic N) is 3. The second-order valence-corrected chi connectivity index (χ2v) is 7.16. The number of nitrogens with one attached hydrogen (secondary N) is 1. The Bertz CT molecular complexity index is 885. The lowest BCUT2D eigenvalue weighted by molar-refractivity contribution is -0.116. The molecular weight excluding hydrogens is 360 g/mol. The van der Waals surface area contributed by atoms with Gasteiger partial charge in [0.05, 0.1) is 4.88 Å². The van der Waals surface area contributed by atoms with Crippen LogP contribution in [0.25, 0.3) is 10.7 Å². The van der Waals surface area contributed by atoms with Crippen LogP contribution < -0.4 is 10.2 Å². The first-order valence-corrected chi connectivity index (χ1v) is 10.0. The number of hydrogen-bond donors (Lipinski definition) is 1. The van der Waals surface area contributed by atoms with Crippen LogP contribution in [0.15, 0.2) is 40.2 Å². The number of amides is 1. The van der Waals surface area contributed by atoms with Crippen molar-refractivity contribution >= 4 is 28.6 Å². The number of carbonyl (C=O) groups excluding carboxylic acids is 1. The van der Waals surface area contributed by atoms with Crippen LogP contribution in [0.1, 0.15) is 31.7 Å². The maximum absolute atomic E-state index is 12.3. The molecule has 2 heterocycles. The van der Waals surface area contributed by atoms with Crippen molar-refractivity contribution in [1.82, 2.24) is 10.1 Å². The molecule has 0 bridgehead atoms. The Labute approximate surface area is 163 Å². The van der Waals surface area contributed by atoms with Gasteiger partial charge in [-0.05, 0) is 56.0 Å². The van der Waals surface area contributed by atoms with Gasteiger partial charge >= 0.3 is 0 Å². The summed E-state index contributed by atoms with van der Waals surface area (Å²) in [5, 5.41) is 8.90. The van der Waals surface area contributed by atoms with E-state index < -0.39 is 0 Å². The van der Waals surface area contributed by atoms with Gasteiger partial charge in [0.2, 0.25) is 17.6 Å². The third-order valence-electron chi connectivity index (χ3n) is 4.39. The highest BCUT2D eigenvalue weighted by molar-refractivity contribution is 7.13. The first-order valence-electron chi connectivity index (χ1n) is 9.12. The Morgan fingerprint density at radius 2 is 2.07 bits per heavy atom. The summed E-state index contributed by atoms with van der Waals surface area (Å²) in [6.45, 7) is 8.19. The predicted octanol–water partition coefficient (Wildman–Crippen LogP) is 4.52. The van der Waals surface area contributed by atoms with Crippen LogP contribution in [0, 0.1) is 6.92 Å². The van der Waals surface area contributed by atoms with Crippen molar-refractivity contribution in [2.75, 3.05) is 23.3 Å². The number of carbonyl (C=O) groups is 1. The summed E-state index contributed by atoms with van der Waals surface area (Å²) in [5.74, 6) is 0.981. The van der Waals surface area contributed by atoms with Crippen LogP contribution in [0.4, 0.5) is 11.4 Å². The van der Waals surface area contributed by atoms with E-state index in [-0.39, 0.29) is 5.91 Å². The van der Waals surface area contributed by atoms with Gasteiger partial charge < -0.3 is 14.7 Å². The molecule has 0 radical (unpaired) electrons. The number of thiophene rings is 1. The number of rotatable bonds is 8. The van der Waals surface area contributed by atoms with E-state index in [1.807, 2.05) is 36.6 Å². The van der Waals surface area contributed by atoms with Gasteiger partial charge in [0.1, 0.15) is 0 Å². The molecule has 6 nitrogen and oxygen atoms in total. The molecule has 0 saturated carbocycles. The SMILES string of the molecule is CCN(CC)c1ccc(NC(=O)CCc2nc(-c3cccs3)no2)c(C)c1. The average molecular weight is 385 g/mol. The first kappa shape index (κ1) is 19.1. The molecule has 142 valence electrons. The predicted molar refractivity (Wildman–Crippen MR) is 109 cm³/mol.